The maximum atomic E-state index is 12.0. The molecule has 8 heteroatoms. The Bertz CT molecular complexity index is 668. The molecule has 0 spiro atoms. The van der Waals surface area contributed by atoms with E-state index in [0.29, 0.717) is 0 Å². The van der Waals surface area contributed by atoms with Gasteiger partial charge in [-0.1, -0.05) is 30.3 Å². The second-order valence-corrected chi connectivity index (χ2v) is 5.85. The average molecular weight is 295 g/mol. The van der Waals surface area contributed by atoms with Crippen molar-refractivity contribution in [1.29, 1.82) is 0 Å². The van der Waals surface area contributed by atoms with Crippen LogP contribution >= 0.6 is 0 Å². The average Bonchev–Trinajstić information content (AvgIpc) is 2.93. The molecule has 1 heterocycles. The number of benzene rings is 1. The zero-order valence-electron chi connectivity index (χ0n) is 10.4. The van der Waals surface area contributed by atoms with E-state index in [0.717, 1.165) is 11.8 Å². The fourth-order valence-electron chi connectivity index (χ4n) is 1.67. The van der Waals surface area contributed by atoms with Gasteiger partial charge in [-0.05, 0) is 12.0 Å². The molecule has 0 bridgehead atoms. The van der Waals surface area contributed by atoms with E-state index in [9.17, 15) is 13.2 Å². The summed E-state index contributed by atoms with van der Waals surface area (Å²) in [6.07, 6.45) is 2.36. The first-order valence-electron chi connectivity index (χ1n) is 5.77. The van der Waals surface area contributed by atoms with Crippen molar-refractivity contribution in [3.8, 4) is 0 Å². The van der Waals surface area contributed by atoms with Crippen LogP contribution in [0.2, 0.25) is 0 Å². The Labute approximate surface area is 115 Å². The summed E-state index contributed by atoms with van der Waals surface area (Å²) >= 11 is 0. The molecule has 106 valence electrons. The number of hydrogen-bond acceptors (Lipinski definition) is 4. The quantitative estimate of drug-likeness (QED) is 0.713. The lowest BCUT2D eigenvalue weighted by Gasteiger charge is -2.14. The van der Waals surface area contributed by atoms with Crippen LogP contribution in [0.25, 0.3) is 0 Å². The number of aliphatic carboxylic acids is 1. The van der Waals surface area contributed by atoms with Crippen LogP contribution in [0.15, 0.2) is 47.6 Å². The first-order valence-corrected chi connectivity index (χ1v) is 7.25. The van der Waals surface area contributed by atoms with Crippen LogP contribution in [-0.2, 0) is 21.2 Å². The van der Waals surface area contributed by atoms with Gasteiger partial charge >= 0.3 is 5.97 Å². The van der Waals surface area contributed by atoms with Crippen molar-refractivity contribution in [2.75, 3.05) is 0 Å². The van der Waals surface area contributed by atoms with E-state index in [1.165, 1.54) is 6.20 Å². The highest BCUT2D eigenvalue weighted by Crippen LogP contribution is 2.09. The molecule has 1 atom stereocenters. The maximum absolute atomic E-state index is 12.0. The predicted octanol–water partition coefficient (Wildman–Crippen LogP) is 0.384. The van der Waals surface area contributed by atoms with Gasteiger partial charge in [-0.2, -0.15) is 9.82 Å². The number of nitrogens with one attached hydrogen (secondary N) is 2. The van der Waals surface area contributed by atoms with Crippen LogP contribution in [0.3, 0.4) is 0 Å². The highest BCUT2D eigenvalue weighted by atomic mass is 32.2. The molecule has 1 unspecified atom stereocenters. The number of aromatic nitrogens is 2. The summed E-state index contributed by atoms with van der Waals surface area (Å²) < 4.78 is 26.1. The van der Waals surface area contributed by atoms with Crippen LogP contribution in [0.5, 0.6) is 0 Å². The molecule has 2 rings (SSSR count). The van der Waals surface area contributed by atoms with Crippen molar-refractivity contribution in [2.45, 2.75) is 17.4 Å². The van der Waals surface area contributed by atoms with Crippen molar-refractivity contribution < 1.29 is 18.3 Å². The van der Waals surface area contributed by atoms with E-state index in [1.807, 2.05) is 0 Å². The summed E-state index contributed by atoms with van der Waals surface area (Å²) in [4.78, 5) is 11.1. The molecule has 0 saturated carbocycles. The molecule has 0 saturated heterocycles. The van der Waals surface area contributed by atoms with Crippen molar-refractivity contribution in [3.05, 3.63) is 48.3 Å². The number of aromatic amines is 1. The lowest BCUT2D eigenvalue weighted by atomic mass is 10.1. The first-order chi connectivity index (χ1) is 9.49. The van der Waals surface area contributed by atoms with Crippen molar-refractivity contribution in [2.24, 2.45) is 0 Å². The van der Waals surface area contributed by atoms with Gasteiger partial charge in [-0.25, -0.2) is 8.42 Å². The molecule has 0 fully saturated rings. The van der Waals surface area contributed by atoms with E-state index >= 15 is 0 Å². The van der Waals surface area contributed by atoms with Crippen LogP contribution in [0.4, 0.5) is 0 Å². The Hall–Kier alpha value is -2.19. The second kappa shape index (κ2) is 5.85. The van der Waals surface area contributed by atoms with Gasteiger partial charge in [0, 0.05) is 6.20 Å². The number of H-pyrrole nitrogens is 1. The molecule has 0 aliphatic heterocycles. The zero-order valence-corrected chi connectivity index (χ0v) is 11.2. The fraction of sp³-hybridized carbons (Fsp3) is 0.167. The molecule has 0 aliphatic rings. The molecule has 20 heavy (non-hydrogen) atoms. The number of carboxylic acid groups (broad SMARTS) is 1. The second-order valence-electron chi connectivity index (χ2n) is 4.14. The third kappa shape index (κ3) is 3.43. The van der Waals surface area contributed by atoms with E-state index < -0.39 is 22.0 Å². The maximum Gasteiger partial charge on any atom is 0.322 e. The molecule has 0 radical (unpaired) electrons. The van der Waals surface area contributed by atoms with Crippen LogP contribution in [0.1, 0.15) is 5.56 Å². The lowest BCUT2D eigenvalue weighted by Crippen LogP contribution is -2.42. The number of sulfonamides is 1. The summed E-state index contributed by atoms with van der Waals surface area (Å²) in [6.45, 7) is 0. The Kier molecular flexibility index (Phi) is 4.16. The summed E-state index contributed by atoms with van der Waals surface area (Å²) in [5.41, 5.74) is 0.731. The summed E-state index contributed by atoms with van der Waals surface area (Å²) in [6, 6.07) is 7.56. The Morgan fingerprint density at radius 2 is 2.05 bits per heavy atom. The molecule has 0 aliphatic carbocycles. The van der Waals surface area contributed by atoms with E-state index in [2.05, 4.69) is 14.9 Å². The van der Waals surface area contributed by atoms with Gasteiger partial charge in [0.25, 0.3) is 0 Å². The van der Waals surface area contributed by atoms with Crippen LogP contribution in [-0.4, -0.2) is 35.7 Å². The number of carboxylic acids is 1. The Morgan fingerprint density at radius 1 is 1.35 bits per heavy atom. The first kappa shape index (κ1) is 14.2. The Morgan fingerprint density at radius 3 is 2.60 bits per heavy atom. The SMILES string of the molecule is O=C(O)C(Cc1ccccc1)NS(=O)(=O)c1cn[nH]c1. The minimum atomic E-state index is -3.91. The third-order valence-corrected chi connectivity index (χ3v) is 4.10. The van der Waals surface area contributed by atoms with E-state index in [4.69, 9.17) is 5.11 Å². The number of rotatable bonds is 6. The van der Waals surface area contributed by atoms with E-state index in [-0.39, 0.29) is 11.3 Å². The highest BCUT2D eigenvalue weighted by molar-refractivity contribution is 7.89. The lowest BCUT2D eigenvalue weighted by molar-refractivity contribution is -0.138. The van der Waals surface area contributed by atoms with Gasteiger partial charge in [-0.3, -0.25) is 9.89 Å². The standard InChI is InChI=1S/C12H13N3O4S/c16-12(17)11(6-9-4-2-1-3-5-9)15-20(18,19)10-7-13-14-8-10/h1-5,7-8,11,15H,6H2,(H,13,14)(H,16,17). The highest BCUT2D eigenvalue weighted by Gasteiger charge is 2.26. The molecule has 1 aromatic heterocycles. The molecule has 2 aromatic rings. The van der Waals surface area contributed by atoms with Gasteiger partial charge in [-0.15, -0.1) is 0 Å². The van der Waals surface area contributed by atoms with Crippen LogP contribution in [0, 0.1) is 0 Å². The molecule has 0 amide bonds. The molecular weight excluding hydrogens is 282 g/mol. The summed E-state index contributed by atoms with van der Waals surface area (Å²) in [7, 11) is -3.91. The predicted molar refractivity (Wildman–Crippen MR) is 70.5 cm³/mol. The van der Waals surface area contributed by atoms with Gasteiger partial charge in [0.05, 0.1) is 6.20 Å². The number of hydrogen-bond donors (Lipinski definition) is 3. The minimum Gasteiger partial charge on any atom is -0.480 e. The molecular formula is C12H13N3O4S. The Balaban J connectivity index is 2.17. The van der Waals surface area contributed by atoms with Crippen molar-refractivity contribution in [1.82, 2.24) is 14.9 Å². The van der Waals surface area contributed by atoms with Gasteiger partial charge in [0.1, 0.15) is 10.9 Å². The van der Waals surface area contributed by atoms with Crippen LogP contribution < -0.4 is 4.72 Å². The number of carbonyl (C=O) groups is 1. The van der Waals surface area contributed by atoms with Crippen molar-refractivity contribution in [3.63, 3.8) is 0 Å². The smallest absolute Gasteiger partial charge is 0.322 e. The number of nitrogens with zero attached hydrogens (tertiary/aromatic N) is 1. The summed E-state index contributed by atoms with van der Waals surface area (Å²) in [5.74, 6) is -1.24. The van der Waals surface area contributed by atoms with Gasteiger partial charge in [0.2, 0.25) is 10.0 Å². The topological polar surface area (TPSA) is 112 Å². The fourth-order valence-corrected chi connectivity index (χ4v) is 2.76. The monoisotopic (exact) mass is 295 g/mol. The summed E-state index contributed by atoms with van der Waals surface area (Å²) in [5, 5.41) is 15.0. The molecule has 1 aromatic carbocycles. The van der Waals surface area contributed by atoms with Gasteiger partial charge in [0.15, 0.2) is 0 Å². The van der Waals surface area contributed by atoms with Crippen molar-refractivity contribution >= 4 is 16.0 Å². The largest absolute Gasteiger partial charge is 0.480 e. The van der Waals surface area contributed by atoms with Gasteiger partial charge < -0.3 is 5.11 Å². The normalized spacial score (nSPS) is 13.0. The molecule has 7 nitrogen and oxygen atoms in total. The van der Waals surface area contributed by atoms with E-state index in [1.54, 1.807) is 30.3 Å². The third-order valence-electron chi connectivity index (χ3n) is 2.66. The molecule has 3 N–H and O–H groups in total. The zero-order chi connectivity index (χ0) is 14.6. The minimum absolute atomic E-state index is 0.0628.